The molecule has 21 heavy (non-hydrogen) atoms. The minimum Gasteiger partial charge on any atom is -0.330 e. The van der Waals surface area contributed by atoms with E-state index in [-0.39, 0.29) is 5.91 Å². The van der Waals surface area contributed by atoms with Crippen LogP contribution in [-0.2, 0) is 0 Å². The average molecular weight is 299 g/mol. The van der Waals surface area contributed by atoms with Gasteiger partial charge >= 0.3 is 0 Å². The number of hydrogen-bond acceptors (Lipinski definition) is 4. The van der Waals surface area contributed by atoms with Gasteiger partial charge in [-0.15, -0.1) is 24.5 Å². The maximum Gasteiger partial charge on any atom is 0.266 e. The second-order valence-corrected chi connectivity index (χ2v) is 5.46. The molecule has 2 aromatic heterocycles. The maximum atomic E-state index is 12.6. The fraction of sp³-hybridized carbons (Fsp3) is 0.188. The van der Waals surface area contributed by atoms with Crippen LogP contribution in [0.4, 0.5) is 0 Å². The molecule has 0 atom stereocenters. The Bertz CT molecular complexity index is 639. The Kier molecular flexibility index (Phi) is 5.00. The molecule has 5 heteroatoms. The van der Waals surface area contributed by atoms with Crippen LogP contribution < -0.4 is 0 Å². The molecule has 108 valence electrons. The maximum absolute atomic E-state index is 12.6. The zero-order chi connectivity index (χ0) is 15.2. The summed E-state index contributed by atoms with van der Waals surface area (Å²) in [5, 5.41) is 0.829. The second kappa shape index (κ2) is 6.95. The molecule has 0 saturated carbocycles. The molecule has 0 aliphatic rings. The van der Waals surface area contributed by atoms with Gasteiger partial charge in [0, 0.05) is 31.0 Å². The van der Waals surface area contributed by atoms with Crippen LogP contribution in [0.5, 0.6) is 0 Å². The van der Waals surface area contributed by atoms with Crippen molar-refractivity contribution in [3.63, 3.8) is 0 Å². The van der Waals surface area contributed by atoms with Crippen molar-refractivity contribution >= 4 is 17.2 Å². The number of hydrogen-bond donors (Lipinski definition) is 0. The highest BCUT2D eigenvalue weighted by Gasteiger charge is 2.20. The third kappa shape index (κ3) is 3.44. The molecule has 0 bridgehead atoms. The van der Waals surface area contributed by atoms with E-state index in [1.165, 1.54) is 11.3 Å². The molecule has 0 saturated heterocycles. The lowest BCUT2D eigenvalue weighted by molar-refractivity contribution is 0.0794. The number of nitrogens with zero attached hydrogens (tertiary/aromatic N) is 3. The van der Waals surface area contributed by atoms with Gasteiger partial charge in [-0.2, -0.15) is 0 Å². The molecule has 0 aliphatic carbocycles. The fourth-order valence-corrected chi connectivity index (χ4v) is 2.95. The number of aryl methyl sites for hydroxylation is 1. The highest BCUT2D eigenvalue weighted by atomic mass is 32.1. The molecule has 0 aliphatic heterocycles. The van der Waals surface area contributed by atoms with Crippen LogP contribution in [0.25, 0.3) is 10.6 Å². The van der Waals surface area contributed by atoms with Crippen LogP contribution in [0.15, 0.2) is 49.8 Å². The van der Waals surface area contributed by atoms with Gasteiger partial charge in [0.15, 0.2) is 0 Å². The van der Waals surface area contributed by atoms with E-state index in [0.717, 1.165) is 16.3 Å². The van der Waals surface area contributed by atoms with Crippen molar-refractivity contribution in [2.24, 2.45) is 0 Å². The lowest BCUT2D eigenvalue weighted by atomic mass is 10.3. The first-order valence-corrected chi connectivity index (χ1v) is 7.38. The standard InChI is InChI=1S/C16H17N3OS/c1-4-10-19(11-5-2)16(20)14-12(3)18-15(21-14)13-6-8-17-9-7-13/h4-9H,1-2,10-11H2,3H3. The van der Waals surface area contributed by atoms with Gasteiger partial charge in [-0.05, 0) is 19.1 Å². The SMILES string of the molecule is C=CCN(CC=C)C(=O)c1sc(-c2ccncc2)nc1C. The van der Waals surface area contributed by atoms with E-state index in [1.54, 1.807) is 29.4 Å². The van der Waals surface area contributed by atoms with Gasteiger partial charge in [-0.3, -0.25) is 9.78 Å². The highest BCUT2D eigenvalue weighted by molar-refractivity contribution is 7.17. The van der Waals surface area contributed by atoms with Crippen LogP contribution in [-0.4, -0.2) is 33.9 Å². The Labute approximate surface area is 128 Å². The quantitative estimate of drug-likeness (QED) is 0.769. The molecule has 2 rings (SSSR count). The molecule has 4 nitrogen and oxygen atoms in total. The summed E-state index contributed by atoms with van der Waals surface area (Å²) in [6, 6.07) is 3.77. The van der Waals surface area contributed by atoms with Crippen LogP contribution in [0.3, 0.4) is 0 Å². The van der Waals surface area contributed by atoms with E-state index in [1.807, 2.05) is 19.1 Å². The summed E-state index contributed by atoms with van der Waals surface area (Å²) in [6.45, 7) is 10.2. The largest absolute Gasteiger partial charge is 0.330 e. The number of carbonyl (C=O) groups excluding carboxylic acids is 1. The van der Waals surface area contributed by atoms with E-state index >= 15 is 0 Å². The minimum atomic E-state index is -0.0369. The molecule has 0 N–H and O–H groups in total. The molecule has 2 aromatic rings. The van der Waals surface area contributed by atoms with Crippen LogP contribution in [0.1, 0.15) is 15.4 Å². The number of amides is 1. The number of carbonyl (C=O) groups is 1. The van der Waals surface area contributed by atoms with E-state index < -0.39 is 0 Å². The predicted octanol–water partition coefficient (Wildman–Crippen LogP) is 3.33. The summed E-state index contributed by atoms with van der Waals surface area (Å²) in [7, 11) is 0. The number of thiazole rings is 1. The first kappa shape index (κ1) is 15.1. The molecule has 0 spiro atoms. The lowest BCUT2D eigenvalue weighted by Crippen LogP contribution is -2.31. The van der Waals surface area contributed by atoms with Crippen molar-refractivity contribution in [3.8, 4) is 10.6 Å². The molecular weight excluding hydrogens is 282 g/mol. The zero-order valence-corrected chi connectivity index (χ0v) is 12.8. The Morgan fingerprint density at radius 3 is 2.48 bits per heavy atom. The van der Waals surface area contributed by atoms with E-state index in [2.05, 4.69) is 23.1 Å². The lowest BCUT2D eigenvalue weighted by Gasteiger charge is -2.18. The van der Waals surface area contributed by atoms with Crippen molar-refractivity contribution < 1.29 is 4.79 Å². The molecule has 0 aromatic carbocycles. The van der Waals surface area contributed by atoms with Gasteiger partial charge in [0.2, 0.25) is 0 Å². The summed E-state index contributed by atoms with van der Waals surface area (Å²) >= 11 is 1.40. The van der Waals surface area contributed by atoms with Crippen molar-refractivity contribution in [1.82, 2.24) is 14.9 Å². The van der Waals surface area contributed by atoms with E-state index in [4.69, 9.17) is 0 Å². The molecule has 2 heterocycles. The van der Waals surface area contributed by atoms with Gasteiger partial charge in [-0.25, -0.2) is 4.98 Å². The van der Waals surface area contributed by atoms with Crippen molar-refractivity contribution in [2.75, 3.05) is 13.1 Å². The minimum absolute atomic E-state index is 0.0369. The third-order valence-corrected chi connectivity index (χ3v) is 4.10. The summed E-state index contributed by atoms with van der Waals surface area (Å²) in [6.07, 6.45) is 6.85. The summed E-state index contributed by atoms with van der Waals surface area (Å²) in [5.41, 5.74) is 1.71. The first-order chi connectivity index (χ1) is 10.2. The molecular formula is C16H17N3OS. The number of rotatable bonds is 6. The first-order valence-electron chi connectivity index (χ1n) is 6.56. The van der Waals surface area contributed by atoms with E-state index in [9.17, 15) is 4.79 Å². The smallest absolute Gasteiger partial charge is 0.266 e. The number of pyridine rings is 1. The van der Waals surface area contributed by atoms with Crippen molar-refractivity contribution in [2.45, 2.75) is 6.92 Å². The van der Waals surface area contributed by atoms with Crippen LogP contribution in [0, 0.1) is 6.92 Å². The summed E-state index contributed by atoms with van der Waals surface area (Å²) in [5.74, 6) is -0.0369. The second-order valence-electron chi connectivity index (χ2n) is 4.46. The van der Waals surface area contributed by atoms with Crippen molar-refractivity contribution in [3.05, 3.63) is 60.4 Å². The Balaban J connectivity index is 2.32. The fourth-order valence-electron chi connectivity index (χ4n) is 1.91. The average Bonchev–Trinajstić information content (AvgIpc) is 2.89. The zero-order valence-electron chi connectivity index (χ0n) is 12.0. The molecule has 1 amide bonds. The van der Waals surface area contributed by atoms with E-state index in [0.29, 0.717) is 18.0 Å². The molecule has 0 fully saturated rings. The number of aromatic nitrogens is 2. The summed E-state index contributed by atoms with van der Waals surface area (Å²) < 4.78 is 0. The third-order valence-electron chi connectivity index (χ3n) is 2.90. The molecule has 0 unspecified atom stereocenters. The monoisotopic (exact) mass is 299 g/mol. The summed E-state index contributed by atoms with van der Waals surface area (Å²) in [4.78, 5) is 23.4. The van der Waals surface area contributed by atoms with Crippen LogP contribution >= 0.6 is 11.3 Å². The Morgan fingerprint density at radius 2 is 1.90 bits per heavy atom. The Hall–Kier alpha value is -2.27. The van der Waals surface area contributed by atoms with Gasteiger partial charge in [0.05, 0.1) is 5.69 Å². The van der Waals surface area contributed by atoms with Gasteiger partial charge in [0.1, 0.15) is 9.88 Å². The Morgan fingerprint density at radius 1 is 1.29 bits per heavy atom. The predicted molar refractivity (Wildman–Crippen MR) is 86.4 cm³/mol. The normalized spacial score (nSPS) is 10.1. The van der Waals surface area contributed by atoms with Crippen LogP contribution in [0.2, 0.25) is 0 Å². The highest BCUT2D eigenvalue weighted by Crippen LogP contribution is 2.28. The van der Waals surface area contributed by atoms with Gasteiger partial charge in [-0.1, -0.05) is 12.2 Å². The molecule has 0 radical (unpaired) electrons. The van der Waals surface area contributed by atoms with Gasteiger partial charge < -0.3 is 4.90 Å². The topological polar surface area (TPSA) is 46.1 Å². The van der Waals surface area contributed by atoms with Gasteiger partial charge in [0.25, 0.3) is 5.91 Å². The van der Waals surface area contributed by atoms with Crippen molar-refractivity contribution in [1.29, 1.82) is 0 Å².